The summed E-state index contributed by atoms with van der Waals surface area (Å²) in [6.45, 7) is 7.32. The third-order valence-corrected chi connectivity index (χ3v) is 4.92. The standard InChI is InChI=1S/C20H25N5O2/c1-14-4-3-5-16(15(14)2)12-25-9-8-18(13-25)23-19-11-21-17(10-22-19)6-7-20(26)24-27/h3-7,10-11,18,27H,8-9,12-13H2,1-2H3,(H,22,23)(H,24,26)/b7-6+/t18-/m1/s1. The molecule has 1 aromatic carbocycles. The van der Waals surface area contributed by atoms with E-state index in [4.69, 9.17) is 5.21 Å². The summed E-state index contributed by atoms with van der Waals surface area (Å²) in [7, 11) is 0. The summed E-state index contributed by atoms with van der Waals surface area (Å²) in [6.07, 6.45) is 6.99. The van der Waals surface area contributed by atoms with E-state index in [1.807, 2.05) is 0 Å². The first-order chi connectivity index (χ1) is 13.0. The van der Waals surface area contributed by atoms with E-state index in [1.165, 1.54) is 34.3 Å². The van der Waals surface area contributed by atoms with Gasteiger partial charge in [0.25, 0.3) is 5.91 Å². The van der Waals surface area contributed by atoms with Gasteiger partial charge in [0.2, 0.25) is 0 Å². The molecule has 0 saturated carbocycles. The molecule has 3 N–H and O–H groups in total. The van der Waals surface area contributed by atoms with Gasteiger partial charge in [0, 0.05) is 31.8 Å². The Balaban J connectivity index is 1.53. The van der Waals surface area contributed by atoms with E-state index in [0.29, 0.717) is 11.7 Å². The molecule has 1 aliphatic heterocycles. The zero-order valence-electron chi connectivity index (χ0n) is 15.6. The number of benzene rings is 1. The number of hydrogen-bond acceptors (Lipinski definition) is 6. The smallest absolute Gasteiger partial charge is 0.267 e. The molecule has 0 bridgehead atoms. The van der Waals surface area contributed by atoms with Gasteiger partial charge in [-0.15, -0.1) is 0 Å². The molecule has 3 rings (SSSR count). The molecular formula is C20H25N5O2. The molecule has 0 unspecified atom stereocenters. The highest BCUT2D eigenvalue weighted by Gasteiger charge is 2.23. The summed E-state index contributed by atoms with van der Waals surface area (Å²) >= 11 is 0. The Bertz CT molecular complexity index is 820. The van der Waals surface area contributed by atoms with Crippen molar-refractivity contribution in [2.24, 2.45) is 0 Å². The Morgan fingerprint density at radius 3 is 2.93 bits per heavy atom. The Hall–Kier alpha value is -2.77. The highest BCUT2D eigenvalue weighted by molar-refractivity contribution is 5.90. The summed E-state index contributed by atoms with van der Waals surface area (Å²) in [4.78, 5) is 22.0. The minimum absolute atomic E-state index is 0.339. The lowest BCUT2D eigenvalue weighted by Gasteiger charge is -2.19. The number of aromatic nitrogens is 2. The minimum Gasteiger partial charge on any atom is -0.365 e. The van der Waals surface area contributed by atoms with Crippen LogP contribution in [0.15, 0.2) is 36.7 Å². The van der Waals surface area contributed by atoms with E-state index in [1.54, 1.807) is 12.4 Å². The molecule has 27 heavy (non-hydrogen) atoms. The van der Waals surface area contributed by atoms with Crippen LogP contribution in [0.1, 0.15) is 28.8 Å². The van der Waals surface area contributed by atoms with Gasteiger partial charge in [-0.2, -0.15) is 0 Å². The van der Waals surface area contributed by atoms with Crippen LogP contribution < -0.4 is 10.8 Å². The van der Waals surface area contributed by atoms with Crippen LogP contribution in [0.5, 0.6) is 0 Å². The molecule has 1 amide bonds. The van der Waals surface area contributed by atoms with Gasteiger partial charge in [-0.25, -0.2) is 10.5 Å². The molecule has 0 spiro atoms. The second kappa shape index (κ2) is 8.75. The lowest BCUT2D eigenvalue weighted by Crippen LogP contribution is -2.26. The van der Waals surface area contributed by atoms with Crippen molar-refractivity contribution in [3.05, 3.63) is 59.1 Å². The number of likely N-dealkylation sites (tertiary alicyclic amines) is 1. The summed E-state index contributed by atoms with van der Waals surface area (Å²) in [5.74, 6) is 0.117. The van der Waals surface area contributed by atoms with Gasteiger partial charge >= 0.3 is 0 Å². The number of aryl methyl sites for hydroxylation is 1. The minimum atomic E-state index is -0.603. The van der Waals surface area contributed by atoms with Crippen LogP contribution in [0.4, 0.5) is 5.82 Å². The Morgan fingerprint density at radius 2 is 2.19 bits per heavy atom. The largest absolute Gasteiger partial charge is 0.365 e. The summed E-state index contributed by atoms with van der Waals surface area (Å²) in [5, 5.41) is 11.9. The van der Waals surface area contributed by atoms with Crippen molar-refractivity contribution >= 4 is 17.8 Å². The molecule has 2 aromatic rings. The second-order valence-electron chi connectivity index (χ2n) is 6.86. The molecule has 7 heteroatoms. The Kier molecular flexibility index (Phi) is 6.16. The van der Waals surface area contributed by atoms with Crippen molar-refractivity contribution < 1.29 is 10.0 Å². The maximum Gasteiger partial charge on any atom is 0.267 e. The summed E-state index contributed by atoms with van der Waals surface area (Å²) < 4.78 is 0. The number of anilines is 1. The molecule has 142 valence electrons. The van der Waals surface area contributed by atoms with Gasteiger partial charge in [0.15, 0.2) is 0 Å². The molecule has 1 fully saturated rings. The summed E-state index contributed by atoms with van der Waals surface area (Å²) in [5.41, 5.74) is 6.18. The second-order valence-corrected chi connectivity index (χ2v) is 6.86. The number of hydroxylamine groups is 1. The average Bonchev–Trinajstić information content (AvgIpc) is 3.11. The number of carbonyl (C=O) groups excluding carboxylic acids is 1. The van der Waals surface area contributed by atoms with Gasteiger partial charge < -0.3 is 5.32 Å². The van der Waals surface area contributed by atoms with Gasteiger partial charge in [0.1, 0.15) is 5.82 Å². The number of hydrogen-bond donors (Lipinski definition) is 3. The molecule has 0 aliphatic carbocycles. The number of nitrogens with one attached hydrogen (secondary N) is 2. The first-order valence-corrected chi connectivity index (χ1v) is 9.03. The quantitative estimate of drug-likeness (QED) is 0.412. The van der Waals surface area contributed by atoms with Gasteiger partial charge in [-0.3, -0.25) is 19.9 Å². The van der Waals surface area contributed by atoms with Crippen LogP contribution in [-0.4, -0.2) is 45.1 Å². The Morgan fingerprint density at radius 1 is 1.33 bits per heavy atom. The monoisotopic (exact) mass is 367 g/mol. The average molecular weight is 367 g/mol. The fourth-order valence-corrected chi connectivity index (χ4v) is 3.22. The normalized spacial score (nSPS) is 17.4. The number of carbonyl (C=O) groups is 1. The number of rotatable bonds is 6. The molecule has 1 aliphatic rings. The SMILES string of the molecule is Cc1cccc(CN2CC[C@@H](Nc3cnc(/C=C/C(=O)NO)cn3)C2)c1C. The van der Waals surface area contributed by atoms with E-state index in [2.05, 4.69) is 52.2 Å². The van der Waals surface area contributed by atoms with E-state index in [-0.39, 0.29) is 0 Å². The maximum absolute atomic E-state index is 11.0. The van der Waals surface area contributed by atoms with E-state index < -0.39 is 5.91 Å². The van der Waals surface area contributed by atoms with Crippen molar-refractivity contribution in [3.63, 3.8) is 0 Å². The first kappa shape index (κ1) is 19.0. The van der Waals surface area contributed by atoms with Crippen LogP contribution in [0.2, 0.25) is 0 Å². The predicted molar refractivity (Wildman–Crippen MR) is 104 cm³/mol. The highest BCUT2D eigenvalue weighted by atomic mass is 16.5. The lowest BCUT2D eigenvalue weighted by atomic mass is 10.0. The van der Waals surface area contributed by atoms with Crippen LogP contribution in [0.3, 0.4) is 0 Å². The fourth-order valence-electron chi connectivity index (χ4n) is 3.22. The van der Waals surface area contributed by atoms with E-state index in [0.717, 1.165) is 31.9 Å². The number of nitrogens with zero attached hydrogens (tertiary/aromatic N) is 3. The molecular weight excluding hydrogens is 342 g/mol. The van der Waals surface area contributed by atoms with E-state index >= 15 is 0 Å². The zero-order valence-corrected chi connectivity index (χ0v) is 15.6. The van der Waals surface area contributed by atoms with Gasteiger partial charge in [0.05, 0.1) is 18.1 Å². The molecule has 1 aromatic heterocycles. The van der Waals surface area contributed by atoms with Crippen LogP contribution in [0.25, 0.3) is 6.08 Å². The topological polar surface area (TPSA) is 90.4 Å². The molecule has 1 saturated heterocycles. The van der Waals surface area contributed by atoms with Crippen LogP contribution in [0, 0.1) is 13.8 Å². The van der Waals surface area contributed by atoms with E-state index in [9.17, 15) is 4.79 Å². The predicted octanol–water partition coefficient (Wildman–Crippen LogP) is 2.30. The van der Waals surface area contributed by atoms with Gasteiger partial charge in [-0.05, 0) is 43.0 Å². The zero-order chi connectivity index (χ0) is 19.2. The third kappa shape index (κ3) is 5.12. The van der Waals surface area contributed by atoms with Crippen molar-refractivity contribution in [3.8, 4) is 0 Å². The molecule has 2 heterocycles. The maximum atomic E-state index is 11.0. The Labute approximate surface area is 159 Å². The third-order valence-electron chi connectivity index (χ3n) is 4.92. The lowest BCUT2D eigenvalue weighted by molar-refractivity contribution is -0.124. The van der Waals surface area contributed by atoms with Gasteiger partial charge in [-0.1, -0.05) is 18.2 Å². The first-order valence-electron chi connectivity index (χ1n) is 9.03. The van der Waals surface area contributed by atoms with Crippen LogP contribution >= 0.6 is 0 Å². The molecule has 7 nitrogen and oxygen atoms in total. The fraction of sp³-hybridized carbons (Fsp3) is 0.350. The van der Waals surface area contributed by atoms with Crippen molar-refractivity contribution in [1.29, 1.82) is 0 Å². The highest BCUT2D eigenvalue weighted by Crippen LogP contribution is 2.20. The van der Waals surface area contributed by atoms with Crippen molar-refractivity contribution in [1.82, 2.24) is 20.3 Å². The van der Waals surface area contributed by atoms with Crippen LogP contribution in [-0.2, 0) is 11.3 Å². The molecule has 1 atom stereocenters. The van der Waals surface area contributed by atoms with Crippen molar-refractivity contribution in [2.45, 2.75) is 32.9 Å². The summed E-state index contributed by atoms with van der Waals surface area (Å²) in [6, 6.07) is 6.82. The van der Waals surface area contributed by atoms with Crippen molar-refractivity contribution in [2.75, 3.05) is 18.4 Å². The number of amides is 1. The molecule has 0 radical (unpaired) electrons.